The lowest BCUT2D eigenvalue weighted by atomic mass is 10.1. The predicted octanol–water partition coefficient (Wildman–Crippen LogP) is 6.73. The molecule has 2 aromatic rings. The number of carbonyl (C=O) groups excluding carboxylic acids is 2. The van der Waals surface area contributed by atoms with E-state index in [1.54, 1.807) is 54.6 Å². The first-order chi connectivity index (χ1) is 17.0. The van der Waals surface area contributed by atoms with Crippen molar-refractivity contribution in [1.29, 1.82) is 0 Å². The summed E-state index contributed by atoms with van der Waals surface area (Å²) in [5, 5.41) is 2.61. The molecule has 0 radical (unpaired) electrons. The highest BCUT2D eigenvalue weighted by atomic mass is 35.6. The highest BCUT2D eigenvalue weighted by molar-refractivity contribution is 8.27. The van der Waals surface area contributed by atoms with Crippen molar-refractivity contribution < 1.29 is 19.1 Å². The molecule has 0 saturated carbocycles. The van der Waals surface area contributed by atoms with Gasteiger partial charge in [0.2, 0.25) is 15.9 Å². The third-order valence-electron chi connectivity index (χ3n) is 4.81. The van der Waals surface area contributed by atoms with Gasteiger partial charge in [-0.05, 0) is 60.9 Å². The summed E-state index contributed by atoms with van der Waals surface area (Å²) >= 11 is 24.7. The van der Waals surface area contributed by atoms with Crippen molar-refractivity contribution in [3.05, 3.63) is 59.0 Å². The Morgan fingerprint density at radius 2 is 1.72 bits per heavy atom. The van der Waals surface area contributed by atoms with Crippen LogP contribution in [0.25, 0.3) is 6.08 Å². The van der Waals surface area contributed by atoms with Crippen molar-refractivity contribution in [2.24, 2.45) is 5.92 Å². The number of benzene rings is 2. The number of carbonyl (C=O) groups is 2. The lowest BCUT2D eigenvalue weighted by Gasteiger charge is -2.26. The van der Waals surface area contributed by atoms with Crippen molar-refractivity contribution in [2.75, 3.05) is 11.5 Å². The molecule has 2 aromatic carbocycles. The van der Waals surface area contributed by atoms with Crippen LogP contribution in [-0.4, -0.2) is 32.8 Å². The molecule has 1 aliphatic rings. The number of ether oxygens (including phenoxy) is 2. The van der Waals surface area contributed by atoms with Crippen LogP contribution < -0.4 is 19.7 Å². The molecule has 0 aromatic heterocycles. The fourth-order valence-corrected chi connectivity index (χ4v) is 4.83. The second-order valence-corrected chi connectivity index (χ2v) is 12.3. The molecule has 1 heterocycles. The fraction of sp³-hybridized carbons (Fsp3) is 0.320. The Bertz CT molecular complexity index is 1130. The summed E-state index contributed by atoms with van der Waals surface area (Å²) in [5.41, 5.74) is 1.43. The first-order valence-corrected chi connectivity index (χ1v) is 13.5. The highest BCUT2D eigenvalue weighted by Crippen LogP contribution is 2.37. The van der Waals surface area contributed by atoms with Crippen LogP contribution >= 0.6 is 58.8 Å². The number of anilines is 1. The number of thiocarbonyl (C=S) groups is 1. The number of rotatable bonds is 9. The molecule has 1 saturated heterocycles. The first-order valence-electron chi connectivity index (χ1n) is 11.1. The summed E-state index contributed by atoms with van der Waals surface area (Å²) < 4.78 is 9.76. The molecule has 36 heavy (non-hydrogen) atoms. The smallest absolute Gasteiger partial charge is 0.270 e. The topological polar surface area (TPSA) is 67.9 Å². The normalized spacial score (nSPS) is 16.0. The number of amides is 2. The van der Waals surface area contributed by atoms with E-state index in [2.05, 4.69) is 5.32 Å². The Kier molecular flexibility index (Phi) is 9.94. The molecule has 3 rings (SSSR count). The van der Waals surface area contributed by atoms with Gasteiger partial charge in [-0.3, -0.25) is 14.5 Å². The molecule has 0 unspecified atom stereocenters. The van der Waals surface area contributed by atoms with Gasteiger partial charge in [0.25, 0.3) is 5.91 Å². The van der Waals surface area contributed by atoms with Crippen LogP contribution in [0.5, 0.6) is 11.5 Å². The Hall–Kier alpha value is -1.97. The molecular formula is C25H25Cl3N2O4S2. The van der Waals surface area contributed by atoms with Crippen LogP contribution in [0, 0.1) is 5.92 Å². The Balaban J connectivity index is 1.71. The highest BCUT2D eigenvalue weighted by Gasteiger charge is 2.36. The molecule has 1 fully saturated rings. The molecule has 2 amide bonds. The van der Waals surface area contributed by atoms with Gasteiger partial charge in [-0.25, -0.2) is 0 Å². The van der Waals surface area contributed by atoms with Gasteiger partial charge >= 0.3 is 0 Å². The molecule has 0 spiro atoms. The second kappa shape index (κ2) is 12.5. The van der Waals surface area contributed by atoms with Gasteiger partial charge in [0.05, 0.1) is 17.2 Å². The zero-order valence-corrected chi connectivity index (χ0v) is 23.7. The van der Waals surface area contributed by atoms with E-state index in [0.29, 0.717) is 27.3 Å². The molecule has 11 heteroatoms. The molecule has 192 valence electrons. The van der Waals surface area contributed by atoms with E-state index in [1.165, 1.54) is 16.7 Å². The molecule has 0 bridgehead atoms. The van der Waals surface area contributed by atoms with E-state index in [4.69, 9.17) is 56.5 Å². The minimum Gasteiger partial charge on any atom is -0.494 e. The minimum absolute atomic E-state index is 0.141. The molecular weight excluding hydrogens is 563 g/mol. The van der Waals surface area contributed by atoms with Crippen molar-refractivity contribution >= 4 is 86.7 Å². The number of halogens is 3. The molecule has 1 atom stereocenters. The second-order valence-electron chi connectivity index (χ2n) is 8.22. The third kappa shape index (κ3) is 7.76. The van der Waals surface area contributed by atoms with Crippen LogP contribution in [0.15, 0.2) is 53.4 Å². The van der Waals surface area contributed by atoms with E-state index < -0.39 is 10.0 Å². The number of hydrogen-bond acceptors (Lipinski definition) is 6. The maximum atomic E-state index is 13.0. The van der Waals surface area contributed by atoms with Crippen LogP contribution in [0.1, 0.15) is 32.8 Å². The summed E-state index contributed by atoms with van der Waals surface area (Å²) in [7, 11) is 0. The fourth-order valence-electron chi connectivity index (χ4n) is 3.23. The van der Waals surface area contributed by atoms with Crippen molar-refractivity contribution in [1.82, 2.24) is 5.32 Å². The van der Waals surface area contributed by atoms with Gasteiger partial charge in [-0.15, -0.1) is 0 Å². The van der Waals surface area contributed by atoms with Crippen molar-refractivity contribution in [3.63, 3.8) is 0 Å². The van der Waals surface area contributed by atoms with Crippen LogP contribution in [0.2, 0.25) is 0 Å². The molecule has 1 aliphatic heterocycles. The maximum absolute atomic E-state index is 13.0. The summed E-state index contributed by atoms with van der Waals surface area (Å²) in [4.78, 5) is 27.2. The van der Waals surface area contributed by atoms with E-state index in [1.807, 2.05) is 20.8 Å². The largest absolute Gasteiger partial charge is 0.494 e. The average molecular weight is 588 g/mol. The van der Waals surface area contributed by atoms with Gasteiger partial charge < -0.3 is 14.8 Å². The summed E-state index contributed by atoms with van der Waals surface area (Å²) in [6.45, 7) is 6.29. The van der Waals surface area contributed by atoms with Gasteiger partial charge in [-0.2, -0.15) is 0 Å². The number of nitrogens with zero attached hydrogens (tertiary/aromatic N) is 1. The van der Waals surface area contributed by atoms with Gasteiger partial charge in [0, 0.05) is 6.42 Å². The lowest BCUT2D eigenvalue weighted by Crippen LogP contribution is -2.48. The van der Waals surface area contributed by atoms with Crippen molar-refractivity contribution in [3.8, 4) is 11.5 Å². The summed E-state index contributed by atoms with van der Waals surface area (Å²) in [6, 6.07) is 14.0. The first kappa shape index (κ1) is 28.6. The van der Waals surface area contributed by atoms with Gasteiger partial charge in [0.15, 0.2) is 4.32 Å². The standard InChI is InChI=1S/C25H25Cl3N2O4S2/c1-4-33-18-11-7-17(8-12-18)30-22(32)20(36-24(30)35)14-16-5-9-19(10-6-16)34-23(25(26,27)28)29-21(31)13-15(2)3/h5-12,14-15,23H,4,13H2,1-3H3,(H,29,31)/b20-14+/t23-/m0/s1. The van der Waals surface area contributed by atoms with Crippen LogP contribution in [0.4, 0.5) is 5.69 Å². The van der Waals surface area contributed by atoms with Crippen LogP contribution in [-0.2, 0) is 9.59 Å². The Morgan fingerprint density at radius 3 is 2.28 bits per heavy atom. The summed E-state index contributed by atoms with van der Waals surface area (Å²) in [6.07, 6.45) is 0.841. The van der Waals surface area contributed by atoms with E-state index in [-0.39, 0.29) is 24.2 Å². The van der Waals surface area contributed by atoms with Gasteiger partial charge in [0.1, 0.15) is 11.5 Å². The number of nitrogens with one attached hydrogen (secondary N) is 1. The predicted molar refractivity (Wildman–Crippen MR) is 152 cm³/mol. The van der Waals surface area contributed by atoms with E-state index in [9.17, 15) is 9.59 Å². The molecule has 1 N–H and O–H groups in total. The quantitative estimate of drug-likeness (QED) is 0.152. The maximum Gasteiger partial charge on any atom is 0.270 e. The van der Waals surface area contributed by atoms with Crippen molar-refractivity contribution in [2.45, 2.75) is 37.2 Å². The third-order valence-corrected chi connectivity index (χ3v) is 6.71. The SMILES string of the molecule is CCOc1ccc(N2C(=O)/C(=C\c3ccc(O[C@H](NC(=O)CC(C)C)C(Cl)(Cl)Cl)cc3)SC2=S)cc1. The Labute approximate surface area is 235 Å². The average Bonchev–Trinajstić information content (AvgIpc) is 3.07. The molecule has 6 nitrogen and oxygen atoms in total. The molecule has 0 aliphatic carbocycles. The summed E-state index contributed by atoms with van der Waals surface area (Å²) in [5.74, 6) is 0.755. The number of thioether (sulfide) groups is 1. The number of hydrogen-bond donors (Lipinski definition) is 1. The van der Waals surface area contributed by atoms with E-state index >= 15 is 0 Å². The Morgan fingerprint density at radius 1 is 1.11 bits per heavy atom. The minimum atomic E-state index is -1.87. The van der Waals surface area contributed by atoms with Gasteiger partial charge in [-0.1, -0.05) is 84.8 Å². The monoisotopic (exact) mass is 586 g/mol. The zero-order valence-electron chi connectivity index (χ0n) is 19.8. The lowest BCUT2D eigenvalue weighted by molar-refractivity contribution is -0.124. The van der Waals surface area contributed by atoms with Crippen LogP contribution in [0.3, 0.4) is 0 Å². The zero-order chi connectivity index (χ0) is 26.5. The number of alkyl halides is 3. The van der Waals surface area contributed by atoms with E-state index in [0.717, 1.165) is 11.3 Å².